The molecule has 2 aromatic rings. The number of amidine groups is 1. The average molecular weight is 494 g/mol. The van der Waals surface area contributed by atoms with Crippen LogP contribution < -0.4 is 0 Å². The van der Waals surface area contributed by atoms with Crippen LogP contribution in [0.3, 0.4) is 0 Å². The van der Waals surface area contributed by atoms with E-state index in [4.69, 9.17) is 16.3 Å². The zero-order valence-corrected chi connectivity index (χ0v) is 20.5. The molecule has 1 amide bonds. The average Bonchev–Trinajstić information content (AvgIpc) is 3.24. The molecule has 2 aromatic carbocycles. The number of amides is 1. The highest BCUT2D eigenvalue weighted by molar-refractivity contribution is 8.16. The number of esters is 1. The van der Waals surface area contributed by atoms with Crippen LogP contribution in [0, 0.1) is 0 Å². The van der Waals surface area contributed by atoms with E-state index in [-0.39, 0.29) is 12.3 Å². The summed E-state index contributed by atoms with van der Waals surface area (Å²) >= 11 is 8.04. The van der Waals surface area contributed by atoms with Gasteiger partial charge >= 0.3 is 5.97 Å². The van der Waals surface area contributed by atoms with E-state index in [1.165, 1.54) is 30.0 Å². The summed E-state index contributed by atoms with van der Waals surface area (Å²) in [6.45, 7) is 3.10. The summed E-state index contributed by atoms with van der Waals surface area (Å²) < 4.78 is 5.11. The van der Waals surface area contributed by atoms with Gasteiger partial charge in [0.05, 0.1) is 30.8 Å². The third kappa shape index (κ3) is 4.03. The minimum atomic E-state index is -0.523. The van der Waals surface area contributed by atoms with Crippen molar-refractivity contribution in [2.75, 3.05) is 13.7 Å². The molecule has 0 bridgehead atoms. The molecule has 34 heavy (non-hydrogen) atoms. The second-order valence-corrected chi connectivity index (χ2v) is 9.66. The molecule has 1 atom stereocenters. The molecule has 0 fully saturated rings. The van der Waals surface area contributed by atoms with E-state index < -0.39 is 12.0 Å². The fraction of sp³-hybridized carbons (Fsp3) is 0.269. The van der Waals surface area contributed by atoms with Crippen molar-refractivity contribution >= 4 is 40.4 Å². The van der Waals surface area contributed by atoms with Gasteiger partial charge in [0, 0.05) is 23.8 Å². The van der Waals surface area contributed by atoms with Gasteiger partial charge in [0.15, 0.2) is 5.17 Å². The highest BCUT2D eigenvalue weighted by Gasteiger charge is 2.42. The number of hydrogen-bond acceptors (Lipinski definition) is 6. The number of methoxy groups -OCH3 is 1. The molecule has 3 aliphatic rings. The molecule has 174 valence electrons. The lowest BCUT2D eigenvalue weighted by molar-refractivity contribution is -0.136. The van der Waals surface area contributed by atoms with E-state index >= 15 is 0 Å². The molecule has 3 heterocycles. The van der Waals surface area contributed by atoms with Crippen molar-refractivity contribution in [3.05, 3.63) is 92.6 Å². The summed E-state index contributed by atoms with van der Waals surface area (Å²) in [6.07, 6.45) is 1.06. The van der Waals surface area contributed by atoms with Crippen LogP contribution in [0.15, 0.2) is 75.9 Å². The molecule has 0 radical (unpaired) electrons. The predicted molar refractivity (Wildman–Crippen MR) is 134 cm³/mol. The van der Waals surface area contributed by atoms with Crippen LogP contribution in [0.5, 0.6) is 0 Å². The zero-order chi connectivity index (χ0) is 23.8. The number of hydrogen-bond donors (Lipinski definition) is 0. The standard InChI is InChI=1S/C26H24ClN3O3S/c1-16-23(25(32)33-2)24(20-9-5-6-10-21(20)27)30-19(15-34-26(30)28-16)13-22(31)29-12-11-17-7-3-4-8-18(17)14-29/h3-10,15,24H,11-14H2,1-2H3. The fourth-order valence-electron chi connectivity index (χ4n) is 4.71. The van der Waals surface area contributed by atoms with Gasteiger partial charge in [0.2, 0.25) is 5.91 Å². The number of halogens is 1. The second-order valence-electron chi connectivity index (χ2n) is 8.42. The van der Waals surface area contributed by atoms with E-state index in [0.717, 1.165) is 22.8 Å². The first kappa shape index (κ1) is 22.7. The Balaban J connectivity index is 1.46. The second kappa shape index (κ2) is 9.31. The van der Waals surface area contributed by atoms with E-state index in [1.54, 1.807) is 13.0 Å². The van der Waals surface area contributed by atoms with Crippen LogP contribution >= 0.6 is 23.4 Å². The van der Waals surface area contributed by atoms with Crippen LogP contribution in [0.2, 0.25) is 5.02 Å². The van der Waals surface area contributed by atoms with Crippen LogP contribution in [0.25, 0.3) is 0 Å². The zero-order valence-electron chi connectivity index (χ0n) is 19.0. The Morgan fingerprint density at radius 2 is 1.88 bits per heavy atom. The normalized spacial score (nSPS) is 19.3. The quantitative estimate of drug-likeness (QED) is 0.557. The number of carbonyl (C=O) groups excluding carboxylic acids is 2. The van der Waals surface area contributed by atoms with Crippen molar-refractivity contribution in [2.45, 2.75) is 32.4 Å². The molecule has 3 aliphatic heterocycles. The van der Waals surface area contributed by atoms with Crippen molar-refractivity contribution in [3.8, 4) is 0 Å². The Kier molecular flexibility index (Phi) is 6.23. The van der Waals surface area contributed by atoms with Gasteiger partial charge in [0.25, 0.3) is 0 Å². The summed E-state index contributed by atoms with van der Waals surface area (Å²) in [4.78, 5) is 34.7. The molecule has 8 heteroatoms. The topological polar surface area (TPSA) is 62.2 Å². The first-order valence-corrected chi connectivity index (χ1v) is 12.4. The van der Waals surface area contributed by atoms with Crippen molar-refractivity contribution in [2.24, 2.45) is 4.99 Å². The highest BCUT2D eigenvalue weighted by Crippen LogP contribution is 2.46. The van der Waals surface area contributed by atoms with Crippen molar-refractivity contribution in [1.29, 1.82) is 0 Å². The molecule has 6 nitrogen and oxygen atoms in total. The van der Waals surface area contributed by atoms with Gasteiger partial charge in [-0.15, -0.1) is 0 Å². The Labute approximate surface area is 207 Å². The number of ether oxygens (including phenoxy) is 1. The van der Waals surface area contributed by atoms with Crippen LogP contribution in [-0.2, 0) is 27.3 Å². The van der Waals surface area contributed by atoms with Gasteiger partial charge in [-0.1, -0.05) is 65.8 Å². The van der Waals surface area contributed by atoms with Gasteiger partial charge in [0.1, 0.15) is 0 Å². The molecule has 1 unspecified atom stereocenters. The Hall–Kier alpha value is -3.03. The maximum atomic E-state index is 13.4. The lowest BCUT2D eigenvalue weighted by Crippen LogP contribution is -2.40. The molecular weight excluding hydrogens is 470 g/mol. The highest BCUT2D eigenvalue weighted by atomic mass is 35.5. The van der Waals surface area contributed by atoms with Crippen molar-refractivity contribution < 1.29 is 14.3 Å². The lowest BCUT2D eigenvalue weighted by Gasteiger charge is -2.37. The largest absolute Gasteiger partial charge is 0.466 e. The van der Waals surface area contributed by atoms with Crippen molar-refractivity contribution in [3.63, 3.8) is 0 Å². The number of aliphatic imine (C=N–C) groups is 1. The number of carbonyl (C=O) groups is 2. The number of fused-ring (bicyclic) bond motifs is 2. The minimum absolute atomic E-state index is 0.0476. The summed E-state index contributed by atoms with van der Waals surface area (Å²) in [6, 6.07) is 15.2. The molecule has 0 saturated carbocycles. The monoisotopic (exact) mass is 493 g/mol. The SMILES string of the molecule is COC(=O)C1=C(C)N=C2SC=C(CC(=O)N3CCc4ccccc4C3)N2C1c1ccccc1Cl. The Morgan fingerprint density at radius 1 is 1.15 bits per heavy atom. The Morgan fingerprint density at radius 3 is 2.65 bits per heavy atom. The number of nitrogens with zero attached hydrogens (tertiary/aromatic N) is 3. The molecule has 0 aromatic heterocycles. The van der Waals surface area contributed by atoms with Gasteiger partial charge in [-0.2, -0.15) is 0 Å². The summed E-state index contributed by atoms with van der Waals surface area (Å²) in [5, 5.41) is 3.21. The molecule has 0 N–H and O–H groups in total. The van der Waals surface area contributed by atoms with Crippen molar-refractivity contribution in [1.82, 2.24) is 9.80 Å². The third-order valence-corrected chi connectivity index (χ3v) is 7.65. The first-order chi connectivity index (χ1) is 16.5. The number of thioether (sulfide) groups is 1. The maximum Gasteiger partial charge on any atom is 0.338 e. The molecule has 0 saturated heterocycles. The van der Waals surface area contributed by atoms with E-state index in [9.17, 15) is 9.59 Å². The Bertz CT molecular complexity index is 1270. The van der Waals surface area contributed by atoms with E-state index in [2.05, 4.69) is 17.1 Å². The molecule has 5 rings (SSSR count). The van der Waals surface area contributed by atoms with Gasteiger partial charge in [-0.25, -0.2) is 9.79 Å². The van der Waals surface area contributed by atoms with Crippen LogP contribution in [0.4, 0.5) is 0 Å². The molecule has 0 spiro atoms. The van der Waals surface area contributed by atoms with E-state index in [1.807, 2.05) is 45.5 Å². The number of allylic oxidation sites excluding steroid dienone is 1. The lowest BCUT2D eigenvalue weighted by atomic mass is 9.93. The number of benzene rings is 2. The predicted octanol–water partition coefficient (Wildman–Crippen LogP) is 5.06. The molecular formula is C26H24ClN3O3S. The smallest absolute Gasteiger partial charge is 0.338 e. The van der Waals surface area contributed by atoms with Crippen LogP contribution in [-0.4, -0.2) is 40.5 Å². The fourth-order valence-corrected chi connectivity index (χ4v) is 5.91. The minimum Gasteiger partial charge on any atom is -0.466 e. The first-order valence-electron chi connectivity index (χ1n) is 11.1. The van der Waals surface area contributed by atoms with Crippen LogP contribution in [0.1, 0.15) is 36.1 Å². The van der Waals surface area contributed by atoms with Gasteiger partial charge in [-0.05, 0) is 41.5 Å². The summed E-state index contributed by atoms with van der Waals surface area (Å²) in [5.74, 6) is -0.410. The number of rotatable bonds is 4. The van der Waals surface area contributed by atoms with E-state index in [0.29, 0.717) is 29.4 Å². The third-order valence-electron chi connectivity index (χ3n) is 6.42. The van der Waals surface area contributed by atoms with Gasteiger partial charge < -0.3 is 14.5 Å². The summed E-state index contributed by atoms with van der Waals surface area (Å²) in [5.41, 5.74) is 5.07. The summed E-state index contributed by atoms with van der Waals surface area (Å²) in [7, 11) is 1.36. The van der Waals surface area contributed by atoms with Gasteiger partial charge in [-0.3, -0.25) is 4.79 Å². The molecule has 0 aliphatic carbocycles. The maximum absolute atomic E-state index is 13.4.